The van der Waals surface area contributed by atoms with Gasteiger partial charge in [-0.2, -0.15) is 11.8 Å². The normalized spacial score (nSPS) is 30.5. The lowest BCUT2D eigenvalue weighted by Gasteiger charge is -2.18. The fourth-order valence-electron chi connectivity index (χ4n) is 2.41. The second kappa shape index (κ2) is 3.83. The molecule has 1 aromatic rings. The summed E-state index contributed by atoms with van der Waals surface area (Å²) in [5.74, 6) is 2.44. The van der Waals surface area contributed by atoms with Crippen molar-refractivity contribution in [3.8, 4) is 0 Å². The quantitative estimate of drug-likeness (QED) is 0.790. The van der Waals surface area contributed by atoms with Crippen molar-refractivity contribution in [1.29, 1.82) is 0 Å². The van der Waals surface area contributed by atoms with Gasteiger partial charge in [-0.25, -0.2) is 4.98 Å². The van der Waals surface area contributed by atoms with Crippen molar-refractivity contribution >= 4 is 11.8 Å². The minimum Gasteiger partial charge on any atom is -0.391 e. The van der Waals surface area contributed by atoms with Gasteiger partial charge in [0, 0.05) is 24.4 Å². The Balaban J connectivity index is 1.85. The molecule has 0 spiro atoms. The fourth-order valence-corrected chi connectivity index (χ4v) is 3.65. The van der Waals surface area contributed by atoms with Crippen molar-refractivity contribution in [2.24, 2.45) is 0 Å². The summed E-state index contributed by atoms with van der Waals surface area (Å²) in [7, 11) is 0. The zero-order valence-electron chi connectivity index (χ0n) is 8.72. The molecular weight excluding hydrogens is 208 g/mol. The maximum absolute atomic E-state index is 9.58. The molecule has 1 saturated heterocycles. The zero-order chi connectivity index (χ0) is 10.3. The summed E-state index contributed by atoms with van der Waals surface area (Å²) in [6.45, 7) is 0.736. The van der Waals surface area contributed by atoms with Gasteiger partial charge in [0.2, 0.25) is 0 Å². The summed E-state index contributed by atoms with van der Waals surface area (Å²) in [6, 6.07) is 0. The largest absolute Gasteiger partial charge is 0.391 e. The van der Waals surface area contributed by atoms with Gasteiger partial charge in [-0.05, 0) is 25.0 Å². The van der Waals surface area contributed by atoms with Crippen LogP contribution in [0.1, 0.15) is 36.0 Å². The van der Waals surface area contributed by atoms with E-state index in [2.05, 4.69) is 10.8 Å². The first kappa shape index (κ1) is 9.73. The van der Waals surface area contributed by atoms with Crippen LogP contribution in [0.3, 0.4) is 0 Å². The minimum atomic E-state index is -0.171. The van der Waals surface area contributed by atoms with E-state index in [0.29, 0.717) is 5.25 Å². The van der Waals surface area contributed by atoms with Crippen molar-refractivity contribution in [2.45, 2.75) is 43.6 Å². The second-order valence-electron chi connectivity index (χ2n) is 4.43. The zero-order valence-corrected chi connectivity index (χ0v) is 9.54. The molecule has 1 N–H and O–H groups in total. The number of thioether (sulfide) groups is 1. The number of aromatic nitrogens is 2. The molecule has 82 valence electrons. The molecule has 2 unspecified atom stereocenters. The van der Waals surface area contributed by atoms with Gasteiger partial charge in [0.15, 0.2) is 0 Å². The smallest absolute Gasteiger partial charge is 0.109 e. The Morgan fingerprint density at radius 1 is 1.47 bits per heavy atom. The van der Waals surface area contributed by atoms with Gasteiger partial charge in [0.05, 0.1) is 11.8 Å². The van der Waals surface area contributed by atoms with E-state index in [0.717, 1.165) is 19.4 Å². The summed E-state index contributed by atoms with van der Waals surface area (Å²) in [4.78, 5) is 4.70. The van der Waals surface area contributed by atoms with Crippen molar-refractivity contribution < 1.29 is 5.11 Å². The van der Waals surface area contributed by atoms with Crippen LogP contribution in [0.2, 0.25) is 0 Å². The summed E-state index contributed by atoms with van der Waals surface area (Å²) >= 11 is 2.02. The van der Waals surface area contributed by atoms with Crippen molar-refractivity contribution in [3.05, 3.63) is 17.7 Å². The molecule has 2 aliphatic heterocycles. The first-order valence-electron chi connectivity index (χ1n) is 5.68. The fraction of sp³-hybridized carbons (Fsp3) is 0.727. The predicted octanol–water partition coefficient (Wildman–Crippen LogP) is 1.76. The first-order valence-corrected chi connectivity index (χ1v) is 6.73. The van der Waals surface area contributed by atoms with E-state index in [9.17, 15) is 5.11 Å². The van der Waals surface area contributed by atoms with Crippen LogP contribution in [-0.4, -0.2) is 26.5 Å². The molecule has 3 heterocycles. The van der Waals surface area contributed by atoms with Gasteiger partial charge in [-0.1, -0.05) is 0 Å². The average Bonchev–Trinajstić information content (AvgIpc) is 2.84. The highest BCUT2D eigenvalue weighted by Gasteiger charge is 2.24. The standard InChI is InChI=1S/C11H16N2OS/c14-8-3-4-11-12-9(7-13(11)6-8)10-2-1-5-15-10/h7-8,10,14H,1-6H2. The van der Waals surface area contributed by atoms with E-state index in [1.165, 1.54) is 30.1 Å². The molecule has 0 aliphatic carbocycles. The van der Waals surface area contributed by atoms with Crippen LogP contribution < -0.4 is 0 Å². The Bertz CT molecular complexity index is 357. The van der Waals surface area contributed by atoms with Crippen molar-refractivity contribution in [3.63, 3.8) is 0 Å². The Labute approximate surface area is 93.9 Å². The summed E-state index contributed by atoms with van der Waals surface area (Å²) in [5, 5.41) is 10.2. The number of hydrogen-bond donors (Lipinski definition) is 1. The van der Waals surface area contributed by atoms with E-state index in [1.807, 2.05) is 11.8 Å². The summed E-state index contributed by atoms with van der Waals surface area (Å²) < 4.78 is 2.14. The van der Waals surface area contributed by atoms with Crippen LogP contribution in [-0.2, 0) is 13.0 Å². The number of rotatable bonds is 1. The minimum absolute atomic E-state index is 0.171. The lowest BCUT2D eigenvalue weighted by molar-refractivity contribution is 0.130. The molecule has 4 heteroatoms. The maximum Gasteiger partial charge on any atom is 0.109 e. The molecule has 0 amide bonds. The summed E-state index contributed by atoms with van der Waals surface area (Å²) in [5.41, 5.74) is 1.24. The van der Waals surface area contributed by atoms with Gasteiger partial charge < -0.3 is 9.67 Å². The number of aliphatic hydroxyl groups is 1. The number of aliphatic hydroxyl groups excluding tert-OH is 1. The topological polar surface area (TPSA) is 38.1 Å². The molecule has 0 bridgehead atoms. The van der Waals surface area contributed by atoms with Crippen LogP contribution in [0.25, 0.3) is 0 Å². The van der Waals surface area contributed by atoms with Gasteiger partial charge >= 0.3 is 0 Å². The predicted molar refractivity (Wildman–Crippen MR) is 61.0 cm³/mol. The third-order valence-electron chi connectivity index (χ3n) is 3.25. The Morgan fingerprint density at radius 3 is 3.20 bits per heavy atom. The number of fused-ring (bicyclic) bond motifs is 1. The monoisotopic (exact) mass is 224 g/mol. The van der Waals surface area contributed by atoms with Crippen molar-refractivity contribution in [1.82, 2.24) is 9.55 Å². The van der Waals surface area contributed by atoms with E-state index >= 15 is 0 Å². The van der Waals surface area contributed by atoms with Crippen LogP contribution in [0, 0.1) is 0 Å². The molecule has 3 rings (SSSR count). The molecule has 2 aliphatic rings. The molecule has 1 aromatic heterocycles. The third kappa shape index (κ3) is 1.81. The van der Waals surface area contributed by atoms with E-state index in [4.69, 9.17) is 4.98 Å². The van der Waals surface area contributed by atoms with Crippen LogP contribution >= 0.6 is 11.8 Å². The molecule has 3 nitrogen and oxygen atoms in total. The second-order valence-corrected chi connectivity index (χ2v) is 5.74. The highest BCUT2D eigenvalue weighted by atomic mass is 32.2. The molecule has 0 aromatic carbocycles. The Morgan fingerprint density at radius 2 is 2.40 bits per heavy atom. The van der Waals surface area contributed by atoms with E-state index in [-0.39, 0.29) is 6.10 Å². The number of hydrogen-bond acceptors (Lipinski definition) is 3. The van der Waals surface area contributed by atoms with Crippen LogP contribution in [0.4, 0.5) is 0 Å². The third-order valence-corrected chi connectivity index (χ3v) is 4.65. The molecule has 0 radical (unpaired) electrons. The molecule has 0 saturated carbocycles. The van der Waals surface area contributed by atoms with Gasteiger partial charge in [0.1, 0.15) is 5.82 Å². The Hall–Kier alpha value is -0.480. The highest BCUT2D eigenvalue weighted by Crippen LogP contribution is 2.39. The number of nitrogens with zero attached hydrogens (tertiary/aromatic N) is 2. The lowest BCUT2D eigenvalue weighted by atomic mass is 10.1. The molecule has 1 fully saturated rings. The molecule has 15 heavy (non-hydrogen) atoms. The number of aryl methyl sites for hydroxylation is 1. The van der Waals surface area contributed by atoms with E-state index < -0.39 is 0 Å². The SMILES string of the molecule is OC1CCc2nc(C3CCCS3)cn2C1. The van der Waals surface area contributed by atoms with Gasteiger partial charge in [0.25, 0.3) is 0 Å². The molecular formula is C11H16N2OS. The number of imidazole rings is 1. The van der Waals surface area contributed by atoms with Gasteiger partial charge in [-0.15, -0.1) is 0 Å². The summed E-state index contributed by atoms with van der Waals surface area (Å²) in [6.07, 6.45) is 6.37. The molecule has 2 atom stereocenters. The van der Waals surface area contributed by atoms with E-state index in [1.54, 1.807) is 0 Å². The van der Waals surface area contributed by atoms with Crippen LogP contribution in [0.5, 0.6) is 0 Å². The van der Waals surface area contributed by atoms with Gasteiger partial charge in [-0.3, -0.25) is 0 Å². The Kier molecular flexibility index (Phi) is 2.48. The maximum atomic E-state index is 9.58. The average molecular weight is 224 g/mol. The lowest BCUT2D eigenvalue weighted by Crippen LogP contribution is -2.23. The van der Waals surface area contributed by atoms with Crippen LogP contribution in [0.15, 0.2) is 6.20 Å². The first-order chi connectivity index (χ1) is 7.33. The van der Waals surface area contributed by atoms with Crippen molar-refractivity contribution in [2.75, 3.05) is 5.75 Å². The highest BCUT2D eigenvalue weighted by molar-refractivity contribution is 7.99.